The van der Waals surface area contributed by atoms with Crippen LogP contribution in [0, 0.1) is 5.82 Å². The van der Waals surface area contributed by atoms with Gasteiger partial charge in [-0.25, -0.2) is 4.39 Å². The monoisotopic (exact) mass is 343 g/mol. The van der Waals surface area contributed by atoms with Crippen LogP contribution in [0.25, 0.3) is 0 Å². The van der Waals surface area contributed by atoms with Crippen LogP contribution in [0.2, 0.25) is 0 Å². The van der Waals surface area contributed by atoms with Crippen LogP contribution in [0.1, 0.15) is 30.1 Å². The number of nitrogens with one attached hydrogen (secondary N) is 1. The van der Waals surface area contributed by atoms with Crippen LogP contribution in [-0.4, -0.2) is 36.5 Å². The minimum absolute atomic E-state index is 0.0191. The van der Waals surface area contributed by atoms with E-state index >= 15 is 0 Å². The second-order valence-electron chi connectivity index (χ2n) is 4.99. The first-order valence-corrected chi connectivity index (χ1v) is 7.59. The molecule has 1 fully saturated rings. The summed E-state index contributed by atoms with van der Waals surface area (Å²) >= 11 is 3.19. The lowest BCUT2D eigenvalue weighted by atomic mass is 10.1. The van der Waals surface area contributed by atoms with Crippen molar-refractivity contribution in [3.8, 4) is 0 Å². The molecule has 0 spiro atoms. The molecular formula is C14H19BrFN3O. The number of hydrogen-bond acceptors (Lipinski definition) is 3. The summed E-state index contributed by atoms with van der Waals surface area (Å²) in [5.41, 5.74) is 5.85. The number of benzene rings is 1. The molecule has 3 N–H and O–H groups in total. The second-order valence-corrected chi connectivity index (χ2v) is 5.84. The summed E-state index contributed by atoms with van der Waals surface area (Å²) in [4.78, 5) is 14.5. The number of likely N-dealkylation sites (N-methyl/N-ethyl adjacent to an activating group) is 1. The SMILES string of the molecule is CCN1CCCC1CNC(=O)c1cc(N)c(F)cc1Br. The number of nitrogens with zero attached hydrogens (tertiary/aromatic N) is 1. The second kappa shape index (κ2) is 6.54. The van der Waals surface area contributed by atoms with Gasteiger partial charge in [-0.3, -0.25) is 9.69 Å². The molecule has 1 atom stereocenters. The fourth-order valence-corrected chi connectivity index (χ4v) is 3.08. The Morgan fingerprint density at radius 2 is 2.35 bits per heavy atom. The largest absolute Gasteiger partial charge is 0.396 e. The van der Waals surface area contributed by atoms with E-state index in [0.717, 1.165) is 19.5 Å². The van der Waals surface area contributed by atoms with Crippen LogP contribution in [0.15, 0.2) is 16.6 Å². The van der Waals surface area contributed by atoms with Crippen molar-refractivity contribution in [3.63, 3.8) is 0 Å². The number of rotatable bonds is 4. The van der Waals surface area contributed by atoms with Gasteiger partial charge in [0, 0.05) is 17.1 Å². The maximum Gasteiger partial charge on any atom is 0.252 e. The van der Waals surface area contributed by atoms with Gasteiger partial charge in [-0.2, -0.15) is 0 Å². The molecule has 20 heavy (non-hydrogen) atoms. The summed E-state index contributed by atoms with van der Waals surface area (Å²) in [5, 5.41) is 2.90. The van der Waals surface area contributed by atoms with Crippen molar-refractivity contribution < 1.29 is 9.18 Å². The summed E-state index contributed by atoms with van der Waals surface area (Å²) in [6, 6.07) is 2.97. The van der Waals surface area contributed by atoms with Gasteiger partial charge in [0.1, 0.15) is 5.82 Å². The summed E-state index contributed by atoms with van der Waals surface area (Å²) in [6.45, 7) is 4.81. The van der Waals surface area contributed by atoms with Crippen LogP contribution in [-0.2, 0) is 0 Å². The molecule has 2 rings (SSSR count). The molecule has 1 aromatic rings. The normalized spacial score (nSPS) is 19.2. The Hall–Kier alpha value is -1.14. The Morgan fingerprint density at radius 1 is 1.60 bits per heavy atom. The van der Waals surface area contributed by atoms with E-state index in [1.165, 1.54) is 18.6 Å². The number of carbonyl (C=O) groups excluding carboxylic acids is 1. The minimum Gasteiger partial charge on any atom is -0.396 e. The molecule has 1 amide bonds. The van der Waals surface area contributed by atoms with E-state index in [-0.39, 0.29) is 11.6 Å². The number of likely N-dealkylation sites (tertiary alicyclic amines) is 1. The first-order chi connectivity index (χ1) is 9.52. The van der Waals surface area contributed by atoms with Gasteiger partial charge in [0.15, 0.2) is 0 Å². The van der Waals surface area contributed by atoms with Crippen LogP contribution in [0.5, 0.6) is 0 Å². The van der Waals surface area contributed by atoms with Crippen LogP contribution in [0.4, 0.5) is 10.1 Å². The Kier molecular flexibility index (Phi) is 4.99. The molecule has 0 aromatic heterocycles. The number of anilines is 1. The molecule has 0 bridgehead atoms. The van der Waals surface area contributed by atoms with Gasteiger partial charge in [-0.1, -0.05) is 6.92 Å². The number of hydrogen-bond donors (Lipinski definition) is 2. The maximum atomic E-state index is 13.3. The van der Waals surface area contributed by atoms with Gasteiger partial charge in [0.25, 0.3) is 5.91 Å². The third kappa shape index (κ3) is 3.30. The van der Waals surface area contributed by atoms with Gasteiger partial charge < -0.3 is 11.1 Å². The van der Waals surface area contributed by atoms with Crippen molar-refractivity contribution in [3.05, 3.63) is 28.0 Å². The molecule has 1 aromatic carbocycles. The number of nitrogens with two attached hydrogens (primary N) is 1. The van der Waals surface area contributed by atoms with E-state index in [2.05, 4.69) is 33.1 Å². The molecule has 6 heteroatoms. The predicted octanol–water partition coefficient (Wildman–Crippen LogP) is 2.38. The summed E-state index contributed by atoms with van der Waals surface area (Å²) in [6.07, 6.45) is 2.27. The van der Waals surface area contributed by atoms with E-state index in [0.29, 0.717) is 22.6 Å². The predicted molar refractivity (Wildman–Crippen MR) is 81.1 cm³/mol. The van der Waals surface area contributed by atoms with Crippen LogP contribution >= 0.6 is 15.9 Å². The summed E-state index contributed by atoms with van der Waals surface area (Å²) in [7, 11) is 0. The molecular weight excluding hydrogens is 325 g/mol. The highest BCUT2D eigenvalue weighted by Crippen LogP contribution is 2.23. The molecule has 0 aliphatic carbocycles. The Balaban J connectivity index is 2.00. The van der Waals surface area contributed by atoms with Gasteiger partial charge in [-0.05, 0) is 54.0 Å². The van der Waals surface area contributed by atoms with E-state index < -0.39 is 5.82 Å². The molecule has 1 saturated heterocycles. The average molecular weight is 344 g/mol. The van der Waals surface area contributed by atoms with Gasteiger partial charge in [0.2, 0.25) is 0 Å². The minimum atomic E-state index is -0.527. The molecule has 1 aliphatic rings. The highest BCUT2D eigenvalue weighted by Gasteiger charge is 2.23. The highest BCUT2D eigenvalue weighted by molar-refractivity contribution is 9.10. The quantitative estimate of drug-likeness (QED) is 0.825. The van der Waals surface area contributed by atoms with Crippen molar-refractivity contribution >= 4 is 27.5 Å². The standard InChI is InChI=1S/C14H19BrFN3O/c1-2-19-5-3-4-9(19)8-18-14(20)10-6-13(17)12(16)7-11(10)15/h6-7,9H,2-5,8,17H2,1H3,(H,18,20). The zero-order valence-corrected chi connectivity index (χ0v) is 13.0. The van der Waals surface area contributed by atoms with E-state index in [4.69, 9.17) is 5.73 Å². The van der Waals surface area contributed by atoms with E-state index in [1.807, 2.05) is 0 Å². The molecule has 110 valence electrons. The average Bonchev–Trinajstić information content (AvgIpc) is 2.87. The molecule has 0 saturated carbocycles. The molecule has 0 radical (unpaired) electrons. The first-order valence-electron chi connectivity index (χ1n) is 6.79. The first kappa shape index (κ1) is 15.3. The third-order valence-corrected chi connectivity index (χ3v) is 4.39. The van der Waals surface area contributed by atoms with Gasteiger partial charge in [-0.15, -0.1) is 0 Å². The maximum absolute atomic E-state index is 13.3. The Bertz CT molecular complexity index is 509. The van der Waals surface area contributed by atoms with E-state index in [9.17, 15) is 9.18 Å². The molecule has 1 unspecified atom stereocenters. The lowest BCUT2D eigenvalue weighted by Gasteiger charge is -2.23. The summed E-state index contributed by atoms with van der Waals surface area (Å²) in [5.74, 6) is -0.757. The zero-order valence-electron chi connectivity index (χ0n) is 11.5. The van der Waals surface area contributed by atoms with Gasteiger partial charge in [0.05, 0.1) is 11.3 Å². The number of nitrogen functional groups attached to an aromatic ring is 1. The Morgan fingerprint density at radius 3 is 3.05 bits per heavy atom. The number of halogens is 2. The van der Waals surface area contributed by atoms with Crippen molar-refractivity contribution in [2.75, 3.05) is 25.4 Å². The molecule has 1 heterocycles. The molecule has 1 aliphatic heterocycles. The fourth-order valence-electron chi connectivity index (χ4n) is 2.59. The van der Waals surface area contributed by atoms with Crippen molar-refractivity contribution in [1.82, 2.24) is 10.2 Å². The topological polar surface area (TPSA) is 58.4 Å². The van der Waals surface area contributed by atoms with Crippen molar-refractivity contribution in [1.29, 1.82) is 0 Å². The van der Waals surface area contributed by atoms with E-state index in [1.54, 1.807) is 0 Å². The van der Waals surface area contributed by atoms with Crippen LogP contribution in [0.3, 0.4) is 0 Å². The van der Waals surface area contributed by atoms with Gasteiger partial charge >= 0.3 is 0 Å². The fraction of sp³-hybridized carbons (Fsp3) is 0.500. The number of amides is 1. The summed E-state index contributed by atoms with van der Waals surface area (Å²) < 4.78 is 13.7. The lowest BCUT2D eigenvalue weighted by Crippen LogP contribution is -2.40. The third-order valence-electron chi connectivity index (χ3n) is 3.73. The lowest BCUT2D eigenvalue weighted by molar-refractivity contribution is 0.0940. The Labute approximate surface area is 126 Å². The zero-order chi connectivity index (χ0) is 14.7. The van der Waals surface area contributed by atoms with Crippen molar-refractivity contribution in [2.45, 2.75) is 25.8 Å². The van der Waals surface area contributed by atoms with Crippen LogP contribution < -0.4 is 11.1 Å². The number of carbonyl (C=O) groups is 1. The highest BCUT2D eigenvalue weighted by atomic mass is 79.9. The van der Waals surface area contributed by atoms with Crippen molar-refractivity contribution in [2.24, 2.45) is 0 Å². The smallest absolute Gasteiger partial charge is 0.252 e. The molecule has 4 nitrogen and oxygen atoms in total.